The van der Waals surface area contributed by atoms with E-state index in [2.05, 4.69) is 9.80 Å². The van der Waals surface area contributed by atoms with Crippen LogP contribution in [0, 0.1) is 0 Å². The van der Waals surface area contributed by atoms with Crippen molar-refractivity contribution in [2.75, 3.05) is 45.0 Å². The zero-order valence-corrected chi connectivity index (χ0v) is 17.3. The number of piperidine rings is 2. The zero-order chi connectivity index (χ0) is 20.2. The molecule has 7 heteroatoms. The minimum atomic E-state index is -0.219. The Balaban J connectivity index is 1.64. The van der Waals surface area contributed by atoms with Gasteiger partial charge in [0, 0.05) is 31.9 Å². The Kier molecular flexibility index (Phi) is 6.35. The van der Waals surface area contributed by atoms with Crippen LogP contribution in [0.3, 0.4) is 0 Å². The zero-order valence-electron chi connectivity index (χ0n) is 17.3. The largest absolute Gasteiger partial charge is 0.399 e. The summed E-state index contributed by atoms with van der Waals surface area (Å²) in [6.07, 6.45) is 7.41. The first-order valence-electron chi connectivity index (χ1n) is 11.1. The molecule has 0 radical (unpaired) electrons. The lowest BCUT2D eigenvalue weighted by atomic mass is 10.1. The number of hydrogen-bond donors (Lipinski definition) is 1. The van der Waals surface area contributed by atoms with Gasteiger partial charge in [0.1, 0.15) is 0 Å². The molecule has 2 aliphatic heterocycles. The van der Waals surface area contributed by atoms with Crippen molar-refractivity contribution in [1.29, 1.82) is 0 Å². The van der Waals surface area contributed by atoms with E-state index >= 15 is 0 Å². The average Bonchev–Trinajstić information content (AvgIpc) is 2.75. The van der Waals surface area contributed by atoms with Crippen molar-refractivity contribution in [3.05, 3.63) is 39.0 Å². The number of anilines is 1. The van der Waals surface area contributed by atoms with E-state index in [0.717, 1.165) is 39.3 Å². The van der Waals surface area contributed by atoms with Crippen molar-refractivity contribution >= 4 is 16.6 Å². The predicted molar refractivity (Wildman–Crippen MR) is 117 cm³/mol. The maximum Gasteiger partial charge on any atom is 0.331 e. The van der Waals surface area contributed by atoms with Crippen LogP contribution in [0.15, 0.2) is 27.8 Å². The predicted octanol–water partition coefficient (Wildman–Crippen LogP) is 1.72. The van der Waals surface area contributed by atoms with Crippen LogP contribution >= 0.6 is 0 Å². The van der Waals surface area contributed by atoms with Gasteiger partial charge in [-0.2, -0.15) is 0 Å². The molecule has 0 aliphatic carbocycles. The van der Waals surface area contributed by atoms with Crippen LogP contribution in [0.1, 0.15) is 38.5 Å². The third-order valence-corrected chi connectivity index (χ3v) is 6.43. The summed E-state index contributed by atoms with van der Waals surface area (Å²) in [6, 6.07) is 5.31. The molecule has 2 aromatic rings. The van der Waals surface area contributed by atoms with Gasteiger partial charge in [-0.3, -0.25) is 13.9 Å². The number of nitrogens with zero attached hydrogens (tertiary/aromatic N) is 4. The average molecular weight is 400 g/mol. The van der Waals surface area contributed by atoms with Gasteiger partial charge < -0.3 is 15.5 Å². The second kappa shape index (κ2) is 9.13. The summed E-state index contributed by atoms with van der Waals surface area (Å²) in [5, 5.41) is 0.543. The molecule has 3 heterocycles. The van der Waals surface area contributed by atoms with E-state index in [0.29, 0.717) is 29.7 Å². The first-order valence-corrected chi connectivity index (χ1v) is 11.1. The van der Waals surface area contributed by atoms with Crippen molar-refractivity contribution in [2.24, 2.45) is 0 Å². The molecule has 0 saturated carbocycles. The summed E-state index contributed by atoms with van der Waals surface area (Å²) >= 11 is 0. The molecule has 0 atom stereocenters. The summed E-state index contributed by atoms with van der Waals surface area (Å²) < 4.78 is 3.20. The van der Waals surface area contributed by atoms with Crippen LogP contribution in [0.25, 0.3) is 10.9 Å². The van der Waals surface area contributed by atoms with Crippen molar-refractivity contribution in [2.45, 2.75) is 51.6 Å². The quantitative estimate of drug-likeness (QED) is 0.749. The number of benzene rings is 1. The molecule has 7 nitrogen and oxygen atoms in total. The third kappa shape index (κ3) is 4.56. The second-order valence-corrected chi connectivity index (χ2v) is 8.47. The van der Waals surface area contributed by atoms with Gasteiger partial charge in [-0.05, 0) is 70.1 Å². The van der Waals surface area contributed by atoms with E-state index < -0.39 is 0 Å². The molecule has 2 aliphatic rings. The molecule has 0 unspecified atom stereocenters. The van der Waals surface area contributed by atoms with E-state index in [-0.39, 0.29) is 11.2 Å². The number of hydrogen-bond acceptors (Lipinski definition) is 5. The highest BCUT2D eigenvalue weighted by atomic mass is 16.2. The number of aromatic nitrogens is 2. The van der Waals surface area contributed by atoms with Crippen LogP contribution in [-0.4, -0.2) is 58.2 Å². The van der Waals surface area contributed by atoms with Crippen LogP contribution in [-0.2, 0) is 13.1 Å². The van der Waals surface area contributed by atoms with Gasteiger partial charge in [0.2, 0.25) is 0 Å². The molecule has 0 amide bonds. The molecule has 2 fully saturated rings. The summed E-state index contributed by atoms with van der Waals surface area (Å²) in [6.45, 7) is 6.91. The molecule has 1 aromatic carbocycles. The molecule has 1 aromatic heterocycles. The Labute approximate surface area is 171 Å². The fraction of sp³-hybridized carbons (Fsp3) is 0.636. The molecular weight excluding hydrogens is 366 g/mol. The number of nitrogens with two attached hydrogens (primary N) is 1. The van der Waals surface area contributed by atoms with Crippen molar-refractivity contribution < 1.29 is 0 Å². The standard InChI is InChI=1S/C22H33N5O2/c23-18-7-8-20-19(17-18)21(28)27(16-14-25-11-5-2-6-12-25)22(29)26(20)15-13-24-9-3-1-4-10-24/h7-8,17H,1-6,9-16,23H2. The lowest BCUT2D eigenvalue weighted by Gasteiger charge is -2.27. The summed E-state index contributed by atoms with van der Waals surface area (Å²) in [5.41, 5.74) is 6.80. The summed E-state index contributed by atoms with van der Waals surface area (Å²) in [5.74, 6) is 0. The Morgan fingerprint density at radius 1 is 0.724 bits per heavy atom. The maximum absolute atomic E-state index is 13.3. The number of rotatable bonds is 6. The Morgan fingerprint density at radius 2 is 1.28 bits per heavy atom. The van der Waals surface area contributed by atoms with Crippen molar-refractivity contribution in [3.63, 3.8) is 0 Å². The summed E-state index contributed by atoms with van der Waals surface area (Å²) in [7, 11) is 0. The minimum Gasteiger partial charge on any atom is -0.399 e. The van der Waals surface area contributed by atoms with Crippen LogP contribution < -0.4 is 17.0 Å². The molecule has 158 valence electrons. The van der Waals surface area contributed by atoms with Crippen molar-refractivity contribution in [1.82, 2.24) is 18.9 Å². The van der Waals surface area contributed by atoms with Crippen LogP contribution in [0.5, 0.6) is 0 Å². The SMILES string of the molecule is Nc1ccc2c(c1)c(=O)n(CCN1CCCCC1)c(=O)n2CCN1CCCCC1. The highest BCUT2D eigenvalue weighted by Gasteiger charge is 2.17. The normalized spacial score (nSPS) is 19.0. The molecule has 4 rings (SSSR count). The third-order valence-electron chi connectivity index (χ3n) is 6.43. The van der Waals surface area contributed by atoms with Gasteiger partial charge >= 0.3 is 5.69 Å². The molecule has 0 spiro atoms. The molecule has 0 bridgehead atoms. The van der Waals surface area contributed by atoms with Gasteiger partial charge in [0.05, 0.1) is 10.9 Å². The molecular formula is C22H33N5O2. The topological polar surface area (TPSA) is 76.5 Å². The molecule has 2 N–H and O–H groups in total. The Morgan fingerprint density at radius 3 is 1.86 bits per heavy atom. The van der Waals surface area contributed by atoms with Gasteiger partial charge in [0.25, 0.3) is 5.56 Å². The molecule has 2 saturated heterocycles. The number of nitrogen functional groups attached to an aromatic ring is 1. The number of fused-ring (bicyclic) bond motifs is 1. The second-order valence-electron chi connectivity index (χ2n) is 8.47. The van der Waals surface area contributed by atoms with E-state index in [1.807, 2.05) is 6.07 Å². The van der Waals surface area contributed by atoms with Crippen molar-refractivity contribution in [3.8, 4) is 0 Å². The van der Waals surface area contributed by atoms with Gasteiger partial charge in [-0.1, -0.05) is 12.8 Å². The molecule has 29 heavy (non-hydrogen) atoms. The van der Waals surface area contributed by atoms with Crippen LogP contribution in [0.2, 0.25) is 0 Å². The maximum atomic E-state index is 13.3. The fourth-order valence-electron chi connectivity index (χ4n) is 4.70. The first-order chi connectivity index (χ1) is 14.1. The lowest BCUT2D eigenvalue weighted by molar-refractivity contribution is 0.214. The minimum absolute atomic E-state index is 0.193. The Bertz CT molecular complexity index is 952. The monoisotopic (exact) mass is 399 g/mol. The van der Waals surface area contributed by atoms with E-state index in [1.54, 1.807) is 16.7 Å². The summed E-state index contributed by atoms with van der Waals surface area (Å²) in [4.78, 5) is 31.2. The first kappa shape index (κ1) is 20.2. The smallest absolute Gasteiger partial charge is 0.331 e. The Hall–Kier alpha value is -2.12. The highest BCUT2D eigenvalue weighted by molar-refractivity contribution is 5.81. The van der Waals surface area contributed by atoms with E-state index in [4.69, 9.17) is 5.73 Å². The number of likely N-dealkylation sites (tertiary alicyclic amines) is 2. The van der Waals surface area contributed by atoms with Gasteiger partial charge in [0.15, 0.2) is 0 Å². The van der Waals surface area contributed by atoms with Crippen LogP contribution in [0.4, 0.5) is 5.69 Å². The fourth-order valence-corrected chi connectivity index (χ4v) is 4.70. The van der Waals surface area contributed by atoms with E-state index in [1.165, 1.54) is 43.1 Å². The van der Waals surface area contributed by atoms with Gasteiger partial charge in [-0.15, -0.1) is 0 Å². The van der Waals surface area contributed by atoms with Gasteiger partial charge in [-0.25, -0.2) is 4.79 Å². The lowest BCUT2D eigenvalue weighted by Crippen LogP contribution is -2.44. The van der Waals surface area contributed by atoms with E-state index in [9.17, 15) is 9.59 Å². The highest BCUT2D eigenvalue weighted by Crippen LogP contribution is 2.14.